The molecular formula is C14H20N2O3. The maximum Gasteiger partial charge on any atom is 0.306 e. The number of rotatable bonds is 7. The van der Waals surface area contributed by atoms with E-state index in [1.807, 2.05) is 30.3 Å². The van der Waals surface area contributed by atoms with E-state index in [1.165, 1.54) is 0 Å². The summed E-state index contributed by atoms with van der Waals surface area (Å²) >= 11 is 0. The monoisotopic (exact) mass is 264 g/mol. The molecule has 0 saturated heterocycles. The van der Waals surface area contributed by atoms with E-state index < -0.39 is 17.9 Å². The summed E-state index contributed by atoms with van der Waals surface area (Å²) < 4.78 is 0. The van der Waals surface area contributed by atoms with E-state index in [9.17, 15) is 9.59 Å². The van der Waals surface area contributed by atoms with Crippen molar-refractivity contribution in [1.29, 1.82) is 0 Å². The molecule has 0 fully saturated rings. The van der Waals surface area contributed by atoms with E-state index in [-0.39, 0.29) is 5.91 Å². The van der Waals surface area contributed by atoms with Crippen LogP contribution in [0.25, 0.3) is 0 Å². The van der Waals surface area contributed by atoms with Crippen LogP contribution in [0.5, 0.6) is 0 Å². The van der Waals surface area contributed by atoms with Crippen LogP contribution >= 0.6 is 0 Å². The Balaban J connectivity index is 2.31. The molecule has 1 amide bonds. The second kappa shape index (κ2) is 7.53. The summed E-state index contributed by atoms with van der Waals surface area (Å²) in [5.74, 6) is -1.57. The summed E-state index contributed by atoms with van der Waals surface area (Å²) in [6, 6.07) is 8.92. The fourth-order valence-corrected chi connectivity index (χ4v) is 1.63. The number of carbonyl (C=O) groups excluding carboxylic acids is 1. The Labute approximate surface area is 112 Å². The first kappa shape index (κ1) is 15.2. The third-order valence-electron chi connectivity index (χ3n) is 2.93. The van der Waals surface area contributed by atoms with Gasteiger partial charge in [0, 0.05) is 6.54 Å². The number of benzene rings is 1. The first-order valence-electron chi connectivity index (χ1n) is 6.30. The lowest BCUT2D eigenvalue weighted by atomic mass is 10.1. The van der Waals surface area contributed by atoms with Gasteiger partial charge >= 0.3 is 5.97 Å². The predicted octanol–water partition coefficient (Wildman–Crippen LogP) is 0.783. The number of carboxylic acids is 1. The Kier molecular flexibility index (Phi) is 6.02. The van der Waals surface area contributed by atoms with Crippen molar-refractivity contribution in [2.45, 2.75) is 25.8 Å². The van der Waals surface area contributed by atoms with Crippen LogP contribution in [0.15, 0.2) is 30.3 Å². The highest BCUT2D eigenvalue weighted by Gasteiger charge is 2.15. The van der Waals surface area contributed by atoms with Gasteiger partial charge in [0.1, 0.15) is 0 Å². The number of hydrogen-bond acceptors (Lipinski definition) is 3. The molecule has 0 aromatic heterocycles. The summed E-state index contributed by atoms with van der Waals surface area (Å²) in [6.07, 6.45) is 0.875. The molecule has 2 atom stereocenters. The molecule has 19 heavy (non-hydrogen) atoms. The zero-order chi connectivity index (χ0) is 14.3. The van der Waals surface area contributed by atoms with Crippen molar-refractivity contribution < 1.29 is 14.7 Å². The summed E-state index contributed by atoms with van der Waals surface area (Å²) in [6.45, 7) is 1.94. The molecule has 5 heteroatoms. The van der Waals surface area contributed by atoms with Crippen LogP contribution in [-0.4, -0.2) is 29.6 Å². The van der Waals surface area contributed by atoms with Gasteiger partial charge in [-0.3, -0.25) is 9.59 Å². The van der Waals surface area contributed by atoms with E-state index >= 15 is 0 Å². The van der Waals surface area contributed by atoms with Gasteiger partial charge in [-0.1, -0.05) is 37.3 Å². The van der Waals surface area contributed by atoms with Gasteiger partial charge in [0.2, 0.25) is 5.91 Å². The molecule has 0 saturated carbocycles. The van der Waals surface area contributed by atoms with Gasteiger partial charge in [-0.2, -0.15) is 0 Å². The number of aliphatic carboxylic acids is 1. The second-order valence-electron chi connectivity index (χ2n) is 4.62. The maximum atomic E-state index is 11.7. The second-order valence-corrected chi connectivity index (χ2v) is 4.62. The van der Waals surface area contributed by atoms with E-state index in [2.05, 4.69) is 5.32 Å². The molecule has 1 aromatic carbocycles. The fraction of sp³-hybridized carbons (Fsp3) is 0.429. The molecule has 0 heterocycles. The smallest absolute Gasteiger partial charge is 0.306 e. The summed E-state index contributed by atoms with van der Waals surface area (Å²) in [5, 5.41) is 11.4. The molecule has 0 bridgehead atoms. The number of carbonyl (C=O) groups is 2. The minimum absolute atomic E-state index is 0.249. The minimum Gasteiger partial charge on any atom is -0.481 e. The van der Waals surface area contributed by atoms with Crippen molar-refractivity contribution in [2.24, 2.45) is 11.7 Å². The van der Waals surface area contributed by atoms with E-state index in [4.69, 9.17) is 10.8 Å². The Hall–Kier alpha value is -1.88. The molecule has 0 aliphatic carbocycles. The van der Waals surface area contributed by atoms with Crippen molar-refractivity contribution >= 4 is 11.9 Å². The average Bonchev–Trinajstić information content (AvgIpc) is 2.39. The molecule has 2 unspecified atom stereocenters. The summed E-state index contributed by atoms with van der Waals surface area (Å²) in [7, 11) is 0. The number of carboxylic acid groups (broad SMARTS) is 1. The topological polar surface area (TPSA) is 92.4 Å². The van der Waals surface area contributed by atoms with E-state index in [1.54, 1.807) is 6.92 Å². The molecule has 4 N–H and O–H groups in total. The molecule has 104 valence electrons. The summed E-state index contributed by atoms with van der Waals surface area (Å²) in [4.78, 5) is 22.3. The van der Waals surface area contributed by atoms with E-state index in [0.29, 0.717) is 19.4 Å². The zero-order valence-corrected chi connectivity index (χ0v) is 11.0. The number of amides is 1. The Bertz CT molecular complexity index is 420. The van der Waals surface area contributed by atoms with Crippen molar-refractivity contribution in [3.63, 3.8) is 0 Å². The lowest BCUT2D eigenvalue weighted by Crippen LogP contribution is -2.42. The standard InChI is InChI=1S/C14H20N2O3/c1-10(14(18)19)7-8-16-13(17)12(15)9-11-5-3-2-4-6-11/h2-6,10,12H,7-9,15H2,1H3,(H,16,17)(H,18,19). The Morgan fingerprint density at radius 3 is 2.53 bits per heavy atom. The van der Waals surface area contributed by atoms with Crippen LogP contribution in [0, 0.1) is 5.92 Å². The fourth-order valence-electron chi connectivity index (χ4n) is 1.63. The van der Waals surface area contributed by atoms with Gasteiger partial charge in [0.05, 0.1) is 12.0 Å². The first-order valence-corrected chi connectivity index (χ1v) is 6.30. The van der Waals surface area contributed by atoms with Crippen LogP contribution in [-0.2, 0) is 16.0 Å². The molecule has 5 nitrogen and oxygen atoms in total. The van der Waals surface area contributed by atoms with Crippen LogP contribution in [0.1, 0.15) is 18.9 Å². The highest BCUT2D eigenvalue weighted by molar-refractivity contribution is 5.81. The van der Waals surface area contributed by atoms with Gasteiger partial charge in [-0.25, -0.2) is 0 Å². The molecule has 0 radical (unpaired) electrons. The maximum absolute atomic E-state index is 11.7. The lowest BCUT2D eigenvalue weighted by molar-refractivity contribution is -0.141. The van der Waals surface area contributed by atoms with Crippen LogP contribution < -0.4 is 11.1 Å². The first-order chi connectivity index (χ1) is 9.00. The molecular weight excluding hydrogens is 244 g/mol. The highest BCUT2D eigenvalue weighted by atomic mass is 16.4. The van der Waals surface area contributed by atoms with E-state index in [0.717, 1.165) is 5.56 Å². The van der Waals surface area contributed by atoms with Crippen molar-refractivity contribution in [1.82, 2.24) is 5.32 Å². The van der Waals surface area contributed by atoms with Gasteiger partial charge in [-0.05, 0) is 18.4 Å². The normalized spacial score (nSPS) is 13.6. The third kappa shape index (κ3) is 5.52. The molecule has 0 aliphatic rings. The van der Waals surface area contributed by atoms with Crippen molar-refractivity contribution in [3.8, 4) is 0 Å². The number of hydrogen-bond donors (Lipinski definition) is 3. The zero-order valence-electron chi connectivity index (χ0n) is 11.0. The van der Waals surface area contributed by atoms with Gasteiger partial charge in [-0.15, -0.1) is 0 Å². The van der Waals surface area contributed by atoms with Gasteiger partial charge in [0.25, 0.3) is 0 Å². The number of nitrogens with one attached hydrogen (secondary N) is 1. The van der Waals surface area contributed by atoms with Gasteiger partial charge in [0.15, 0.2) is 0 Å². The predicted molar refractivity (Wildman–Crippen MR) is 72.5 cm³/mol. The highest BCUT2D eigenvalue weighted by Crippen LogP contribution is 2.03. The quantitative estimate of drug-likeness (QED) is 0.678. The molecule has 1 rings (SSSR count). The molecule has 0 aliphatic heterocycles. The summed E-state index contributed by atoms with van der Waals surface area (Å²) in [5.41, 5.74) is 6.80. The molecule has 0 spiro atoms. The Morgan fingerprint density at radius 1 is 1.32 bits per heavy atom. The van der Waals surface area contributed by atoms with Gasteiger partial charge < -0.3 is 16.2 Å². The third-order valence-corrected chi connectivity index (χ3v) is 2.93. The minimum atomic E-state index is -0.858. The van der Waals surface area contributed by atoms with Crippen LogP contribution in [0.4, 0.5) is 0 Å². The largest absolute Gasteiger partial charge is 0.481 e. The lowest BCUT2D eigenvalue weighted by Gasteiger charge is -2.13. The van der Waals surface area contributed by atoms with Crippen LogP contribution in [0.3, 0.4) is 0 Å². The van der Waals surface area contributed by atoms with Crippen molar-refractivity contribution in [3.05, 3.63) is 35.9 Å². The SMILES string of the molecule is CC(CCNC(=O)C(N)Cc1ccccc1)C(=O)O. The average molecular weight is 264 g/mol. The number of nitrogens with two attached hydrogens (primary N) is 1. The molecule has 1 aromatic rings. The van der Waals surface area contributed by atoms with Crippen LogP contribution in [0.2, 0.25) is 0 Å². The Morgan fingerprint density at radius 2 is 1.95 bits per heavy atom. The van der Waals surface area contributed by atoms with Crippen molar-refractivity contribution in [2.75, 3.05) is 6.54 Å².